The van der Waals surface area contributed by atoms with Crippen molar-refractivity contribution in [2.45, 2.75) is 31.9 Å². The summed E-state index contributed by atoms with van der Waals surface area (Å²) in [6.45, 7) is 1.33. The molecule has 1 aliphatic heterocycles. The van der Waals surface area contributed by atoms with Crippen LogP contribution in [-0.4, -0.2) is 31.0 Å². The average Bonchev–Trinajstić information content (AvgIpc) is 3.16. The van der Waals surface area contributed by atoms with E-state index < -0.39 is 5.91 Å². The van der Waals surface area contributed by atoms with Gasteiger partial charge in [0, 0.05) is 10.9 Å². The van der Waals surface area contributed by atoms with Crippen LogP contribution < -0.4 is 16.4 Å². The number of nitrogens with one attached hydrogen (secondary N) is 2. The fourth-order valence-electron chi connectivity index (χ4n) is 2.28. The first-order chi connectivity index (χ1) is 9.65. The quantitative estimate of drug-likeness (QED) is 0.742. The second-order valence-electron chi connectivity index (χ2n) is 5.08. The Morgan fingerprint density at radius 1 is 1.40 bits per heavy atom. The van der Waals surface area contributed by atoms with Gasteiger partial charge in [-0.2, -0.15) is 0 Å². The first-order valence-electron chi connectivity index (χ1n) is 6.70. The van der Waals surface area contributed by atoms with Gasteiger partial charge in [-0.1, -0.05) is 0 Å². The Hall–Kier alpha value is -1.44. The Morgan fingerprint density at radius 3 is 2.90 bits per heavy atom. The number of nitrogens with two attached hydrogens (primary N) is 1. The molecule has 1 aliphatic carbocycles. The zero-order chi connectivity index (χ0) is 14.1. The molecule has 0 unspecified atom stereocenters. The van der Waals surface area contributed by atoms with Gasteiger partial charge in [-0.05, 0) is 24.8 Å². The maximum atomic E-state index is 11.9. The van der Waals surface area contributed by atoms with E-state index in [-0.39, 0.29) is 12.5 Å². The van der Waals surface area contributed by atoms with Crippen LogP contribution in [0.25, 0.3) is 0 Å². The zero-order valence-electron chi connectivity index (χ0n) is 11.0. The van der Waals surface area contributed by atoms with Crippen LogP contribution in [0, 0.1) is 0 Å². The molecule has 2 aliphatic rings. The number of carbonyl (C=O) groups excluding carboxylic acids is 2. The third-order valence-corrected chi connectivity index (χ3v) is 4.57. The highest BCUT2D eigenvalue weighted by molar-refractivity contribution is 7.17. The van der Waals surface area contributed by atoms with E-state index in [2.05, 4.69) is 10.6 Å². The van der Waals surface area contributed by atoms with Crippen molar-refractivity contribution in [3.05, 3.63) is 16.0 Å². The Kier molecular flexibility index (Phi) is 3.73. The molecule has 0 saturated heterocycles. The number of ether oxygens (including phenoxy) is 1. The van der Waals surface area contributed by atoms with Crippen molar-refractivity contribution in [3.63, 3.8) is 0 Å². The molecule has 108 valence electrons. The molecule has 0 aromatic carbocycles. The lowest BCUT2D eigenvalue weighted by Crippen LogP contribution is -2.30. The molecule has 1 aromatic rings. The predicted octanol–water partition coefficient (Wildman–Crippen LogP) is 0.610. The summed E-state index contributed by atoms with van der Waals surface area (Å²) in [4.78, 5) is 24.5. The van der Waals surface area contributed by atoms with Crippen molar-refractivity contribution in [1.29, 1.82) is 0 Å². The van der Waals surface area contributed by atoms with Crippen LogP contribution in [0.5, 0.6) is 0 Å². The van der Waals surface area contributed by atoms with E-state index >= 15 is 0 Å². The number of fused-ring (bicyclic) bond motifs is 1. The summed E-state index contributed by atoms with van der Waals surface area (Å²) < 4.78 is 5.37. The molecule has 1 saturated carbocycles. The van der Waals surface area contributed by atoms with Gasteiger partial charge in [0.15, 0.2) is 0 Å². The Labute approximate surface area is 120 Å². The predicted molar refractivity (Wildman–Crippen MR) is 75.9 cm³/mol. The molecule has 0 bridgehead atoms. The van der Waals surface area contributed by atoms with Gasteiger partial charge in [-0.25, -0.2) is 0 Å². The second kappa shape index (κ2) is 5.51. The molecule has 6 nitrogen and oxygen atoms in total. The number of amides is 2. The van der Waals surface area contributed by atoms with Crippen LogP contribution >= 0.6 is 11.3 Å². The molecule has 0 atom stereocenters. The number of thiophene rings is 1. The van der Waals surface area contributed by atoms with Crippen LogP contribution in [0.4, 0.5) is 5.00 Å². The lowest BCUT2D eigenvalue weighted by Gasteiger charge is -2.12. The zero-order valence-corrected chi connectivity index (χ0v) is 11.8. The highest BCUT2D eigenvalue weighted by Gasteiger charge is 2.26. The van der Waals surface area contributed by atoms with Crippen LogP contribution in [-0.2, 0) is 22.6 Å². The molecule has 2 heterocycles. The summed E-state index contributed by atoms with van der Waals surface area (Å²) >= 11 is 1.38. The lowest BCUT2D eigenvalue weighted by molar-refractivity contribution is -0.115. The fourth-order valence-corrected chi connectivity index (χ4v) is 3.48. The van der Waals surface area contributed by atoms with Crippen molar-refractivity contribution >= 4 is 28.2 Å². The van der Waals surface area contributed by atoms with Crippen molar-refractivity contribution < 1.29 is 14.3 Å². The minimum Gasteiger partial charge on any atom is -0.376 e. The molecular formula is C13H17N3O3S. The first kappa shape index (κ1) is 13.5. The molecule has 2 amide bonds. The Balaban J connectivity index is 1.75. The molecule has 0 spiro atoms. The molecule has 0 radical (unpaired) electrons. The van der Waals surface area contributed by atoms with Crippen LogP contribution in [0.3, 0.4) is 0 Å². The molecule has 3 rings (SSSR count). The number of rotatable bonds is 5. The Morgan fingerprint density at radius 2 is 2.20 bits per heavy atom. The van der Waals surface area contributed by atoms with Gasteiger partial charge >= 0.3 is 0 Å². The van der Waals surface area contributed by atoms with E-state index in [0.29, 0.717) is 36.2 Å². The summed E-state index contributed by atoms with van der Waals surface area (Å²) in [5, 5.41) is 6.48. The topological polar surface area (TPSA) is 93.5 Å². The number of anilines is 1. The van der Waals surface area contributed by atoms with Gasteiger partial charge in [0.05, 0.1) is 25.3 Å². The average molecular weight is 295 g/mol. The molecule has 1 aromatic heterocycles. The molecular weight excluding hydrogens is 278 g/mol. The van der Waals surface area contributed by atoms with E-state index in [1.54, 1.807) is 0 Å². The van der Waals surface area contributed by atoms with Crippen LogP contribution in [0.2, 0.25) is 0 Å². The molecule has 1 fully saturated rings. The highest BCUT2D eigenvalue weighted by atomic mass is 32.1. The van der Waals surface area contributed by atoms with Gasteiger partial charge in [-0.3, -0.25) is 9.59 Å². The smallest absolute Gasteiger partial charge is 0.251 e. The number of carbonyl (C=O) groups is 2. The van der Waals surface area contributed by atoms with E-state index in [9.17, 15) is 9.59 Å². The molecule has 20 heavy (non-hydrogen) atoms. The Bertz CT molecular complexity index is 551. The highest BCUT2D eigenvalue weighted by Crippen LogP contribution is 2.36. The maximum absolute atomic E-state index is 11.9. The van der Waals surface area contributed by atoms with Crippen molar-refractivity contribution in [2.24, 2.45) is 5.73 Å². The minimum atomic E-state index is -0.491. The van der Waals surface area contributed by atoms with Crippen molar-refractivity contribution in [2.75, 3.05) is 18.5 Å². The number of hydrogen-bond acceptors (Lipinski definition) is 5. The van der Waals surface area contributed by atoms with E-state index in [4.69, 9.17) is 10.5 Å². The summed E-state index contributed by atoms with van der Waals surface area (Å²) in [6.07, 6.45) is 2.93. The summed E-state index contributed by atoms with van der Waals surface area (Å²) in [6, 6.07) is 0.473. The number of hydrogen-bond donors (Lipinski definition) is 3. The minimum absolute atomic E-state index is 0.140. The van der Waals surface area contributed by atoms with Gasteiger partial charge in [0.1, 0.15) is 5.00 Å². The molecule has 7 heteroatoms. The van der Waals surface area contributed by atoms with Crippen LogP contribution in [0.15, 0.2) is 0 Å². The van der Waals surface area contributed by atoms with Crippen molar-refractivity contribution in [3.8, 4) is 0 Å². The third kappa shape index (κ3) is 2.84. The first-order valence-corrected chi connectivity index (χ1v) is 7.52. The van der Waals surface area contributed by atoms with Crippen LogP contribution in [0.1, 0.15) is 33.6 Å². The SMILES string of the molecule is NC(=O)c1c(NC(=O)CNC2CC2)sc2c1CCOC2. The van der Waals surface area contributed by atoms with Gasteiger partial charge in [0.2, 0.25) is 5.91 Å². The third-order valence-electron chi connectivity index (χ3n) is 3.45. The van der Waals surface area contributed by atoms with Gasteiger partial charge in [0.25, 0.3) is 5.91 Å². The summed E-state index contributed by atoms with van der Waals surface area (Å²) in [7, 11) is 0. The monoisotopic (exact) mass is 295 g/mol. The number of primary amides is 1. The van der Waals surface area contributed by atoms with Gasteiger partial charge in [-0.15, -0.1) is 11.3 Å². The van der Waals surface area contributed by atoms with Gasteiger partial charge < -0.3 is 21.1 Å². The van der Waals surface area contributed by atoms with E-state index in [1.165, 1.54) is 11.3 Å². The largest absolute Gasteiger partial charge is 0.376 e. The van der Waals surface area contributed by atoms with E-state index in [0.717, 1.165) is 23.3 Å². The lowest BCUT2D eigenvalue weighted by atomic mass is 10.1. The normalized spacial score (nSPS) is 17.6. The molecule has 4 N–H and O–H groups in total. The maximum Gasteiger partial charge on any atom is 0.251 e. The summed E-state index contributed by atoms with van der Waals surface area (Å²) in [5.74, 6) is -0.631. The van der Waals surface area contributed by atoms with Crippen molar-refractivity contribution in [1.82, 2.24) is 5.32 Å². The summed E-state index contributed by atoms with van der Waals surface area (Å²) in [5.41, 5.74) is 6.83. The fraction of sp³-hybridized carbons (Fsp3) is 0.538. The standard InChI is InChI=1S/C13H17N3O3S/c14-12(18)11-8-3-4-19-6-9(8)20-13(11)16-10(17)5-15-7-1-2-7/h7,15H,1-6H2,(H2,14,18)(H,16,17). The second-order valence-corrected chi connectivity index (χ2v) is 6.18. The van der Waals surface area contributed by atoms with E-state index in [1.807, 2.05) is 0 Å².